The Balaban J connectivity index is 1.65. The maximum absolute atomic E-state index is 13.3. The third-order valence-electron chi connectivity index (χ3n) is 6.41. The van der Waals surface area contributed by atoms with Crippen LogP contribution in [0.3, 0.4) is 0 Å². The first kappa shape index (κ1) is 29.4. The second-order valence-electron chi connectivity index (χ2n) is 9.13. The molecule has 0 bridgehead atoms. The summed E-state index contributed by atoms with van der Waals surface area (Å²) < 4.78 is 4.69. The average molecular weight is 569 g/mol. The van der Waals surface area contributed by atoms with Crippen LogP contribution in [0.2, 0.25) is 0 Å². The molecule has 4 aromatic carbocycles. The number of benzene rings is 4. The van der Waals surface area contributed by atoms with Gasteiger partial charge in [-0.1, -0.05) is 121 Å². The molecule has 0 spiro atoms. The summed E-state index contributed by atoms with van der Waals surface area (Å²) in [6, 6.07) is 38.3. The van der Waals surface area contributed by atoms with Crippen molar-refractivity contribution in [3.05, 3.63) is 144 Å². The predicted octanol–water partition coefficient (Wildman–Crippen LogP) is 4.11. The molecule has 1 atom stereocenters. The number of hydrogen-bond donors (Lipinski definition) is 4. The Labute approximate surface area is 243 Å². The maximum atomic E-state index is 13.3. The molecule has 0 aromatic heterocycles. The molecule has 0 fully saturated rings. The van der Waals surface area contributed by atoms with Crippen LogP contribution in [0.1, 0.15) is 22.3 Å². The average Bonchev–Trinajstić information content (AvgIpc) is 3.04. The molecule has 9 heteroatoms. The highest BCUT2D eigenvalue weighted by molar-refractivity contribution is 8.00. The van der Waals surface area contributed by atoms with Crippen LogP contribution in [0.5, 0.6) is 0 Å². The predicted molar refractivity (Wildman–Crippen MR) is 161 cm³/mol. The van der Waals surface area contributed by atoms with Crippen molar-refractivity contribution in [2.45, 2.75) is 17.4 Å². The molecule has 3 amide bonds. The highest BCUT2D eigenvalue weighted by Crippen LogP contribution is 2.48. The van der Waals surface area contributed by atoms with Gasteiger partial charge in [-0.05, 0) is 22.3 Å². The monoisotopic (exact) mass is 568 g/mol. The summed E-state index contributed by atoms with van der Waals surface area (Å²) in [5.74, 6) is 4.23. The number of amides is 3. The Morgan fingerprint density at radius 3 is 1.66 bits per heavy atom. The molecule has 0 saturated heterocycles. The van der Waals surface area contributed by atoms with Gasteiger partial charge in [0.05, 0.1) is 11.3 Å². The van der Waals surface area contributed by atoms with Gasteiger partial charge in [0.2, 0.25) is 5.91 Å². The third-order valence-corrected chi connectivity index (χ3v) is 8.05. The van der Waals surface area contributed by atoms with Gasteiger partial charge >= 0.3 is 6.09 Å². The van der Waals surface area contributed by atoms with Crippen molar-refractivity contribution in [2.75, 3.05) is 12.3 Å². The van der Waals surface area contributed by atoms with Gasteiger partial charge in [0.25, 0.3) is 5.91 Å². The van der Waals surface area contributed by atoms with E-state index in [1.54, 1.807) is 0 Å². The van der Waals surface area contributed by atoms with E-state index in [0.29, 0.717) is 0 Å². The Morgan fingerprint density at radius 2 is 1.20 bits per heavy atom. The lowest BCUT2D eigenvalue weighted by Gasteiger charge is -2.36. The fourth-order valence-corrected chi connectivity index (χ4v) is 5.97. The topological polar surface area (TPSA) is 123 Å². The third kappa shape index (κ3) is 7.75. The molecule has 0 aliphatic heterocycles. The van der Waals surface area contributed by atoms with E-state index in [-0.39, 0.29) is 18.9 Å². The summed E-state index contributed by atoms with van der Waals surface area (Å²) in [7, 11) is 0. The molecule has 1 unspecified atom stereocenters. The van der Waals surface area contributed by atoms with Crippen molar-refractivity contribution < 1.29 is 19.1 Å². The van der Waals surface area contributed by atoms with Crippen LogP contribution >= 0.6 is 11.8 Å². The number of ether oxygens (including phenoxy) is 1. The molecule has 0 heterocycles. The zero-order valence-electron chi connectivity index (χ0n) is 22.4. The van der Waals surface area contributed by atoms with Gasteiger partial charge in [0.1, 0.15) is 12.6 Å². The van der Waals surface area contributed by atoms with Gasteiger partial charge in [-0.3, -0.25) is 15.0 Å². The van der Waals surface area contributed by atoms with Crippen LogP contribution in [0.4, 0.5) is 4.79 Å². The van der Waals surface area contributed by atoms with Crippen molar-refractivity contribution in [1.82, 2.24) is 16.1 Å². The Morgan fingerprint density at radius 1 is 0.732 bits per heavy atom. The molecule has 0 aliphatic carbocycles. The molecule has 210 valence electrons. The normalized spacial score (nSPS) is 11.6. The Kier molecular flexibility index (Phi) is 10.5. The van der Waals surface area contributed by atoms with Crippen LogP contribution in [-0.4, -0.2) is 36.2 Å². The van der Waals surface area contributed by atoms with Crippen LogP contribution in [0.25, 0.3) is 0 Å². The van der Waals surface area contributed by atoms with E-state index in [4.69, 9.17) is 10.6 Å². The molecule has 41 heavy (non-hydrogen) atoms. The van der Waals surface area contributed by atoms with Crippen LogP contribution in [-0.2, 0) is 25.7 Å². The molecule has 0 radical (unpaired) electrons. The van der Waals surface area contributed by atoms with Gasteiger partial charge < -0.3 is 15.4 Å². The van der Waals surface area contributed by atoms with Crippen LogP contribution in [0.15, 0.2) is 121 Å². The maximum Gasteiger partial charge on any atom is 0.408 e. The second-order valence-corrected chi connectivity index (χ2v) is 10.4. The summed E-state index contributed by atoms with van der Waals surface area (Å²) >= 11 is 1.50. The highest BCUT2D eigenvalue weighted by atomic mass is 32.2. The van der Waals surface area contributed by atoms with Gasteiger partial charge in [-0.15, -0.1) is 11.8 Å². The molecular formula is C32H32N4O4S. The number of carbonyl (C=O) groups excluding carboxylic acids is 3. The summed E-state index contributed by atoms with van der Waals surface area (Å²) in [5, 5.41) is 5.25. The zero-order chi connectivity index (χ0) is 28.9. The number of alkyl carbamates (subject to hydrolysis) is 1. The van der Waals surface area contributed by atoms with E-state index in [1.165, 1.54) is 11.8 Å². The zero-order valence-corrected chi connectivity index (χ0v) is 23.2. The number of carbonyl (C=O) groups is 3. The number of nitrogens with one attached hydrogen (secondary N) is 3. The molecule has 5 N–H and O–H groups in total. The lowest BCUT2D eigenvalue weighted by atomic mass is 9.84. The van der Waals surface area contributed by atoms with Gasteiger partial charge in [-0.2, -0.15) is 0 Å². The lowest BCUT2D eigenvalue weighted by molar-refractivity contribution is -0.126. The lowest BCUT2D eigenvalue weighted by Crippen LogP contribution is -2.51. The van der Waals surface area contributed by atoms with E-state index in [9.17, 15) is 14.4 Å². The molecule has 4 aromatic rings. The van der Waals surface area contributed by atoms with Gasteiger partial charge in [0, 0.05) is 5.75 Å². The SMILES string of the molecule is NNC(=O)CNC(=O)C(CSC(c1ccccc1)(c1ccccc1)c1ccccc1)NC(=O)OCc1ccccc1. The number of nitrogens with two attached hydrogens (primary N) is 1. The summed E-state index contributed by atoms with van der Waals surface area (Å²) in [6.45, 7) is -0.288. The number of rotatable bonds is 12. The van der Waals surface area contributed by atoms with E-state index in [0.717, 1.165) is 22.3 Å². The van der Waals surface area contributed by atoms with Crippen LogP contribution in [0, 0.1) is 0 Å². The summed E-state index contributed by atoms with van der Waals surface area (Å²) in [6.07, 6.45) is -0.748. The van der Waals surface area contributed by atoms with Crippen molar-refractivity contribution in [3.8, 4) is 0 Å². The standard InChI is InChI=1S/C32H32N4O4S/c33-36-29(37)21-34-30(38)28(35-31(39)40-22-24-13-5-1-6-14-24)23-41-32(25-15-7-2-8-16-25,26-17-9-3-10-18-26)27-19-11-4-12-20-27/h1-20,28H,21-23,33H2,(H,34,38)(H,35,39)(H,36,37). The first-order valence-electron chi connectivity index (χ1n) is 13.1. The molecule has 4 rings (SSSR count). The molecule has 0 aliphatic rings. The first-order chi connectivity index (χ1) is 20.0. The number of thioether (sulfide) groups is 1. The van der Waals surface area contributed by atoms with E-state index in [1.807, 2.05) is 90.4 Å². The highest BCUT2D eigenvalue weighted by Gasteiger charge is 2.38. The quantitative estimate of drug-likeness (QED) is 0.0883. The van der Waals surface area contributed by atoms with E-state index < -0.39 is 28.7 Å². The van der Waals surface area contributed by atoms with Gasteiger partial charge in [-0.25, -0.2) is 10.6 Å². The minimum atomic E-state index is -1.02. The molecule has 0 saturated carbocycles. The summed E-state index contributed by atoms with van der Waals surface area (Å²) in [5.41, 5.74) is 5.83. The van der Waals surface area contributed by atoms with E-state index >= 15 is 0 Å². The fourth-order valence-electron chi connectivity index (χ4n) is 4.41. The molecule has 8 nitrogen and oxygen atoms in total. The second kappa shape index (κ2) is 14.7. The van der Waals surface area contributed by atoms with Crippen LogP contribution < -0.4 is 21.9 Å². The smallest absolute Gasteiger partial charge is 0.408 e. The fraction of sp³-hybridized carbons (Fsp3) is 0.156. The minimum absolute atomic E-state index is 0.0473. The Bertz CT molecular complexity index is 1310. The number of hydrogen-bond acceptors (Lipinski definition) is 6. The van der Waals surface area contributed by atoms with Gasteiger partial charge in [0.15, 0.2) is 0 Å². The largest absolute Gasteiger partial charge is 0.445 e. The Hall–Kier alpha value is -4.60. The van der Waals surface area contributed by atoms with Crippen molar-refractivity contribution in [3.63, 3.8) is 0 Å². The van der Waals surface area contributed by atoms with E-state index in [2.05, 4.69) is 47.0 Å². The minimum Gasteiger partial charge on any atom is -0.445 e. The van der Waals surface area contributed by atoms with Crippen molar-refractivity contribution >= 4 is 29.7 Å². The van der Waals surface area contributed by atoms with Crippen molar-refractivity contribution in [1.29, 1.82) is 0 Å². The first-order valence-corrected chi connectivity index (χ1v) is 14.1. The summed E-state index contributed by atoms with van der Waals surface area (Å²) in [4.78, 5) is 37.8. The number of hydrazine groups is 1. The molecular weight excluding hydrogens is 536 g/mol. The van der Waals surface area contributed by atoms with Crippen molar-refractivity contribution in [2.24, 2.45) is 5.84 Å².